The Morgan fingerprint density at radius 1 is 1.32 bits per heavy atom. The fourth-order valence-corrected chi connectivity index (χ4v) is 1.91. The van der Waals surface area contributed by atoms with Crippen LogP contribution in [0.3, 0.4) is 0 Å². The predicted octanol–water partition coefficient (Wildman–Crippen LogP) is 3.40. The van der Waals surface area contributed by atoms with E-state index in [9.17, 15) is 4.79 Å². The quantitative estimate of drug-likeness (QED) is 0.921. The van der Waals surface area contributed by atoms with E-state index in [1.54, 1.807) is 27.7 Å². The highest BCUT2D eigenvalue weighted by molar-refractivity contribution is 5.85. The van der Waals surface area contributed by atoms with E-state index in [0.29, 0.717) is 11.4 Å². The molecule has 114 valence electrons. The summed E-state index contributed by atoms with van der Waals surface area (Å²) in [5.41, 5.74) is 0.999. The van der Waals surface area contributed by atoms with E-state index in [1.807, 2.05) is 36.4 Å². The van der Waals surface area contributed by atoms with E-state index in [-0.39, 0.29) is 5.69 Å². The molecule has 0 aliphatic heterocycles. The van der Waals surface area contributed by atoms with Crippen molar-refractivity contribution in [3.63, 3.8) is 0 Å². The summed E-state index contributed by atoms with van der Waals surface area (Å²) in [5, 5.41) is 16.1. The van der Waals surface area contributed by atoms with Crippen molar-refractivity contribution in [2.24, 2.45) is 0 Å². The summed E-state index contributed by atoms with van der Waals surface area (Å²) >= 11 is 0. The van der Waals surface area contributed by atoms with Gasteiger partial charge in [0.1, 0.15) is 17.5 Å². The maximum Gasteiger partial charge on any atom is 0.413 e. The van der Waals surface area contributed by atoms with Gasteiger partial charge in [0.05, 0.1) is 5.69 Å². The second-order valence-corrected chi connectivity index (χ2v) is 5.81. The van der Waals surface area contributed by atoms with E-state index >= 15 is 0 Å². The van der Waals surface area contributed by atoms with E-state index in [0.717, 1.165) is 5.69 Å². The van der Waals surface area contributed by atoms with E-state index in [1.165, 1.54) is 4.68 Å². The molecule has 6 heteroatoms. The first kappa shape index (κ1) is 15.6. The molecule has 0 spiro atoms. The molecule has 0 saturated heterocycles. The lowest BCUT2D eigenvalue weighted by Crippen LogP contribution is -2.28. The molecule has 1 aromatic heterocycles. The van der Waals surface area contributed by atoms with Gasteiger partial charge in [0.2, 0.25) is 0 Å². The lowest BCUT2D eigenvalue weighted by atomic mass is 10.2. The highest BCUT2D eigenvalue weighted by Crippen LogP contribution is 2.23. The molecule has 0 aliphatic rings. The molecule has 2 rings (SSSR count). The molecule has 0 bridgehead atoms. The zero-order chi connectivity index (χ0) is 16.3. The summed E-state index contributed by atoms with van der Waals surface area (Å²) in [6.45, 7) is 7.09. The van der Waals surface area contributed by atoms with E-state index in [2.05, 4.69) is 10.4 Å². The SMILES string of the molecule is Cc1c(C#N)nn(-c2ccccc2)c1NC(=O)OC(C)(C)C. The second-order valence-electron chi connectivity index (χ2n) is 5.81. The number of anilines is 1. The fraction of sp³-hybridized carbons (Fsp3) is 0.312. The molecule has 1 heterocycles. The summed E-state index contributed by atoms with van der Waals surface area (Å²) < 4.78 is 6.78. The van der Waals surface area contributed by atoms with Crippen LogP contribution < -0.4 is 5.32 Å². The van der Waals surface area contributed by atoms with Crippen LogP contribution in [0.1, 0.15) is 32.0 Å². The largest absolute Gasteiger partial charge is 0.444 e. The number of nitrogens with zero attached hydrogens (tertiary/aromatic N) is 3. The number of hydrogen-bond donors (Lipinski definition) is 1. The van der Waals surface area contributed by atoms with Crippen molar-refractivity contribution in [1.29, 1.82) is 5.26 Å². The number of aromatic nitrogens is 2. The molecule has 0 unspecified atom stereocenters. The Morgan fingerprint density at radius 2 is 1.95 bits per heavy atom. The maximum absolute atomic E-state index is 12.0. The van der Waals surface area contributed by atoms with Gasteiger partial charge in [-0.15, -0.1) is 0 Å². The third-order valence-electron chi connectivity index (χ3n) is 2.85. The van der Waals surface area contributed by atoms with Gasteiger partial charge in [0.15, 0.2) is 5.69 Å². The first-order valence-electron chi connectivity index (χ1n) is 6.87. The van der Waals surface area contributed by atoms with Gasteiger partial charge in [0.25, 0.3) is 0 Å². The molecule has 0 fully saturated rings. The topological polar surface area (TPSA) is 79.9 Å². The molecule has 0 saturated carbocycles. The Labute approximate surface area is 129 Å². The van der Waals surface area contributed by atoms with Crippen molar-refractivity contribution in [3.05, 3.63) is 41.6 Å². The second kappa shape index (κ2) is 5.90. The normalized spacial score (nSPS) is 10.9. The number of carbonyl (C=O) groups excluding carboxylic acids is 1. The highest BCUT2D eigenvalue weighted by Gasteiger charge is 2.21. The summed E-state index contributed by atoms with van der Waals surface area (Å²) in [7, 11) is 0. The maximum atomic E-state index is 12.0. The molecule has 0 aliphatic carbocycles. The van der Waals surface area contributed by atoms with E-state index < -0.39 is 11.7 Å². The van der Waals surface area contributed by atoms with Crippen LogP contribution in [-0.4, -0.2) is 21.5 Å². The zero-order valence-electron chi connectivity index (χ0n) is 13.0. The minimum absolute atomic E-state index is 0.259. The smallest absolute Gasteiger partial charge is 0.413 e. The minimum Gasteiger partial charge on any atom is -0.444 e. The number of rotatable bonds is 2. The molecular weight excluding hydrogens is 280 g/mol. The molecular formula is C16H18N4O2. The Hall–Kier alpha value is -2.81. The van der Waals surface area contributed by atoms with Gasteiger partial charge in [-0.1, -0.05) is 18.2 Å². The van der Waals surface area contributed by atoms with Crippen molar-refractivity contribution in [3.8, 4) is 11.8 Å². The molecule has 1 aromatic carbocycles. The van der Waals surface area contributed by atoms with Crippen molar-refractivity contribution < 1.29 is 9.53 Å². The van der Waals surface area contributed by atoms with Gasteiger partial charge in [-0.3, -0.25) is 5.32 Å². The summed E-state index contributed by atoms with van der Waals surface area (Å²) in [6, 6.07) is 11.3. The zero-order valence-corrected chi connectivity index (χ0v) is 13.0. The number of carbonyl (C=O) groups is 1. The van der Waals surface area contributed by atoms with Gasteiger partial charge in [-0.2, -0.15) is 10.4 Å². The summed E-state index contributed by atoms with van der Waals surface area (Å²) in [6.07, 6.45) is -0.586. The minimum atomic E-state index is -0.604. The van der Waals surface area contributed by atoms with Crippen LogP contribution in [0, 0.1) is 18.3 Å². The van der Waals surface area contributed by atoms with Crippen LogP contribution in [0.4, 0.5) is 10.6 Å². The molecule has 6 nitrogen and oxygen atoms in total. The first-order valence-corrected chi connectivity index (χ1v) is 6.87. The van der Waals surface area contributed by atoms with Crippen LogP contribution in [0.2, 0.25) is 0 Å². The van der Waals surface area contributed by atoms with Crippen LogP contribution in [-0.2, 0) is 4.74 Å². The molecule has 0 atom stereocenters. The Morgan fingerprint density at radius 3 is 2.50 bits per heavy atom. The van der Waals surface area contributed by atoms with Crippen molar-refractivity contribution in [2.75, 3.05) is 5.32 Å². The van der Waals surface area contributed by atoms with Gasteiger partial charge >= 0.3 is 6.09 Å². The van der Waals surface area contributed by atoms with Gasteiger partial charge < -0.3 is 4.74 Å². The van der Waals surface area contributed by atoms with Crippen molar-refractivity contribution in [2.45, 2.75) is 33.3 Å². The Kier molecular flexibility index (Phi) is 4.18. The number of amides is 1. The van der Waals surface area contributed by atoms with Crippen LogP contribution in [0.5, 0.6) is 0 Å². The average molecular weight is 298 g/mol. The molecule has 1 amide bonds. The van der Waals surface area contributed by atoms with Crippen molar-refractivity contribution >= 4 is 11.9 Å². The van der Waals surface area contributed by atoms with Gasteiger partial charge in [0, 0.05) is 5.56 Å². The number of benzene rings is 1. The number of hydrogen-bond acceptors (Lipinski definition) is 4. The standard InChI is InChI=1S/C16H18N4O2/c1-11-13(10-17)19-20(12-8-6-5-7-9-12)14(11)18-15(21)22-16(2,3)4/h5-9H,1-4H3,(H,18,21). The Bertz CT molecular complexity index is 721. The lowest BCUT2D eigenvalue weighted by molar-refractivity contribution is 0.0634. The van der Waals surface area contributed by atoms with E-state index in [4.69, 9.17) is 10.00 Å². The predicted molar refractivity (Wildman–Crippen MR) is 82.9 cm³/mol. The van der Waals surface area contributed by atoms with Crippen LogP contribution >= 0.6 is 0 Å². The third kappa shape index (κ3) is 3.44. The number of para-hydroxylation sites is 1. The molecule has 1 N–H and O–H groups in total. The third-order valence-corrected chi connectivity index (χ3v) is 2.85. The van der Waals surface area contributed by atoms with Gasteiger partial charge in [-0.05, 0) is 39.8 Å². The number of ether oxygens (including phenoxy) is 1. The number of nitrogens with one attached hydrogen (secondary N) is 1. The summed E-state index contributed by atoms with van der Waals surface area (Å²) in [4.78, 5) is 12.0. The highest BCUT2D eigenvalue weighted by atomic mass is 16.6. The fourth-order valence-electron chi connectivity index (χ4n) is 1.91. The average Bonchev–Trinajstić information content (AvgIpc) is 2.75. The molecule has 2 aromatic rings. The summed E-state index contributed by atoms with van der Waals surface area (Å²) in [5.74, 6) is 0.428. The lowest BCUT2D eigenvalue weighted by Gasteiger charge is -2.20. The van der Waals surface area contributed by atoms with Gasteiger partial charge in [-0.25, -0.2) is 9.48 Å². The van der Waals surface area contributed by atoms with Crippen LogP contribution in [0.15, 0.2) is 30.3 Å². The monoisotopic (exact) mass is 298 g/mol. The first-order chi connectivity index (χ1) is 10.3. The Balaban J connectivity index is 2.40. The van der Waals surface area contributed by atoms with Crippen molar-refractivity contribution in [1.82, 2.24) is 9.78 Å². The molecule has 0 radical (unpaired) electrons. The molecule has 22 heavy (non-hydrogen) atoms. The number of nitriles is 1. The van der Waals surface area contributed by atoms with Crippen LogP contribution in [0.25, 0.3) is 5.69 Å².